The van der Waals surface area contributed by atoms with E-state index in [1.54, 1.807) is 0 Å². The molecule has 2 atom stereocenters. The molecule has 2 heterocycles. The van der Waals surface area contributed by atoms with Gasteiger partial charge in [0.25, 0.3) is 0 Å². The second-order valence-corrected chi connectivity index (χ2v) is 4.63. The smallest absolute Gasteiger partial charge is 0.228 e. The molecule has 0 radical (unpaired) electrons. The zero-order valence-corrected chi connectivity index (χ0v) is 9.88. The van der Waals surface area contributed by atoms with Gasteiger partial charge in [-0.05, 0) is 17.7 Å². The van der Waals surface area contributed by atoms with Gasteiger partial charge in [0.2, 0.25) is 5.79 Å². The summed E-state index contributed by atoms with van der Waals surface area (Å²) in [5, 5.41) is 2.28. The molecular weight excluding hydrogens is 232 g/mol. The quantitative estimate of drug-likeness (QED) is 0.667. The van der Waals surface area contributed by atoms with Crippen molar-refractivity contribution in [1.82, 2.24) is 0 Å². The molecular formula is C14H12O4. The van der Waals surface area contributed by atoms with Gasteiger partial charge in [-0.3, -0.25) is 0 Å². The number of ether oxygens (including phenoxy) is 2. The Morgan fingerprint density at radius 2 is 2.00 bits per heavy atom. The summed E-state index contributed by atoms with van der Waals surface area (Å²) in [4.78, 5) is 10.4. The number of rotatable bonds is 0. The van der Waals surface area contributed by atoms with Gasteiger partial charge in [-0.25, -0.2) is 4.89 Å². The van der Waals surface area contributed by atoms with Gasteiger partial charge in [0.05, 0.1) is 0 Å². The van der Waals surface area contributed by atoms with E-state index in [1.165, 1.54) is 0 Å². The standard InChI is InChI=1S/C14H12O4/c1-14-11-7-3-5-9-4-2-6-10(12(9)11)13(17-14)15-8-16-18-14/h2-7,13H,8H2,1H3/t13-,14-/m1/s1. The van der Waals surface area contributed by atoms with Crippen LogP contribution in [0.25, 0.3) is 10.8 Å². The molecule has 2 aromatic carbocycles. The van der Waals surface area contributed by atoms with Crippen LogP contribution in [0.15, 0.2) is 36.4 Å². The second kappa shape index (κ2) is 3.52. The van der Waals surface area contributed by atoms with Crippen LogP contribution in [0.5, 0.6) is 0 Å². The van der Waals surface area contributed by atoms with E-state index in [9.17, 15) is 0 Å². The number of hydrogen-bond acceptors (Lipinski definition) is 4. The van der Waals surface area contributed by atoms with Crippen molar-refractivity contribution < 1.29 is 19.2 Å². The fourth-order valence-electron chi connectivity index (χ4n) is 2.69. The highest BCUT2D eigenvalue weighted by atomic mass is 17.3. The van der Waals surface area contributed by atoms with E-state index >= 15 is 0 Å². The highest BCUT2D eigenvalue weighted by molar-refractivity contribution is 5.90. The molecule has 18 heavy (non-hydrogen) atoms. The van der Waals surface area contributed by atoms with E-state index in [-0.39, 0.29) is 6.79 Å². The van der Waals surface area contributed by atoms with E-state index in [0.717, 1.165) is 21.9 Å². The Balaban J connectivity index is 2.11. The molecule has 0 aliphatic carbocycles. The minimum absolute atomic E-state index is 0.0602. The number of hydrogen-bond donors (Lipinski definition) is 0. The summed E-state index contributed by atoms with van der Waals surface area (Å²) in [6, 6.07) is 12.2. The van der Waals surface area contributed by atoms with Crippen LogP contribution in [0.1, 0.15) is 24.3 Å². The third-order valence-electron chi connectivity index (χ3n) is 3.50. The first-order chi connectivity index (χ1) is 8.78. The Morgan fingerprint density at radius 3 is 2.89 bits per heavy atom. The Kier molecular flexibility index (Phi) is 2.05. The molecule has 4 heteroatoms. The lowest BCUT2D eigenvalue weighted by atomic mass is 9.92. The zero-order chi connectivity index (χ0) is 12.2. The lowest BCUT2D eigenvalue weighted by Gasteiger charge is -2.35. The normalized spacial score (nSPS) is 30.2. The molecule has 2 aliphatic heterocycles. The Morgan fingerprint density at radius 1 is 1.17 bits per heavy atom. The minimum atomic E-state index is -0.922. The van der Waals surface area contributed by atoms with E-state index in [1.807, 2.05) is 31.2 Å². The van der Waals surface area contributed by atoms with Gasteiger partial charge in [-0.15, -0.1) is 0 Å². The lowest BCUT2D eigenvalue weighted by Crippen LogP contribution is -2.33. The van der Waals surface area contributed by atoms with Crippen LogP contribution < -0.4 is 0 Å². The first-order valence-electron chi connectivity index (χ1n) is 5.90. The van der Waals surface area contributed by atoms with Gasteiger partial charge in [-0.2, -0.15) is 4.89 Å². The summed E-state index contributed by atoms with van der Waals surface area (Å²) in [6.07, 6.45) is -0.448. The van der Waals surface area contributed by atoms with Gasteiger partial charge in [0, 0.05) is 11.1 Å². The van der Waals surface area contributed by atoms with Crippen molar-refractivity contribution in [2.75, 3.05) is 6.79 Å². The van der Waals surface area contributed by atoms with Gasteiger partial charge < -0.3 is 9.47 Å². The lowest BCUT2D eigenvalue weighted by molar-refractivity contribution is -0.423. The molecule has 2 aliphatic rings. The molecule has 0 unspecified atom stereocenters. The van der Waals surface area contributed by atoms with E-state index in [0.29, 0.717) is 0 Å². The van der Waals surface area contributed by atoms with Crippen LogP contribution >= 0.6 is 0 Å². The van der Waals surface area contributed by atoms with Gasteiger partial charge in [0.15, 0.2) is 13.1 Å². The van der Waals surface area contributed by atoms with Crippen LogP contribution in [0.4, 0.5) is 0 Å². The average Bonchev–Trinajstić information content (AvgIpc) is 2.57. The molecule has 4 rings (SSSR count). The fourth-order valence-corrected chi connectivity index (χ4v) is 2.69. The van der Waals surface area contributed by atoms with Crippen LogP contribution in [0.2, 0.25) is 0 Å². The molecule has 0 amide bonds. The van der Waals surface area contributed by atoms with Crippen molar-refractivity contribution in [3.8, 4) is 0 Å². The fraction of sp³-hybridized carbons (Fsp3) is 0.286. The average molecular weight is 244 g/mol. The highest BCUT2D eigenvalue weighted by Gasteiger charge is 2.43. The molecule has 0 N–H and O–H groups in total. The third-order valence-corrected chi connectivity index (χ3v) is 3.50. The van der Waals surface area contributed by atoms with Crippen molar-refractivity contribution in [2.45, 2.75) is 19.0 Å². The topological polar surface area (TPSA) is 36.9 Å². The summed E-state index contributed by atoms with van der Waals surface area (Å²) >= 11 is 0. The maximum Gasteiger partial charge on any atom is 0.228 e. The molecule has 92 valence electrons. The highest BCUT2D eigenvalue weighted by Crippen LogP contribution is 2.46. The monoisotopic (exact) mass is 244 g/mol. The zero-order valence-electron chi connectivity index (χ0n) is 9.88. The van der Waals surface area contributed by atoms with Gasteiger partial charge in [-0.1, -0.05) is 36.4 Å². The molecule has 4 nitrogen and oxygen atoms in total. The maximum atomic E-state index is 5.88. The summed E-state index contributed by atoms with van der Waals surface area (Å²) in [5.74, 6) is -0.922. The van der Waals surface area contributed by atoms with Crippen LogP contribution in [-0.4, -0.2) is 6.79 Å². The van der Waals surface area contributed by atoms with Crippen molar-refractivity contribution in [2.24, 2.45) is 0 Å². The minimum Gasteiger partial charge on any atom is -0.319 e. The van der Waals surface area contributed by atoms with Crippen molar-refractivity contribution >= 4 is 10.8 Å². The molecule has 0 spiro atoms. The summed E-state index contributed by atoms with van der Waals surface area (Å²) in [6.45, 7) is 1.91. The summed E-state index contributed by atoms with van der Waals surface area (Å²) in [5.41, 5.74) is 1.99. The predicted molar refractivity (Wildman–Crippen MR) is 63.2 cm³/mol. The number of benzene rings is 2. The Labute approximate surface area is 104 Å². The van der Waals surface area contributed by atoms with E-state index in [4.69, 9.17) is 19.2 Å². The predicted octanol–water partition coefficient (Wildman–Crippen LogP) is 2.98. The molecule has 1 fully saturated rings. The summed E-state index contributed by atoms with van der Waals surface area (Å²) < 4.78 is 11.4. The molecule has 1 saturated heterocycles. The largest absolute Gasteiger partial charge is 0.319 e. The Bertz CT molecular complexity index is 619. The molecule has 0 saturated carbocycles. The maximum absolute atomic E-state index is 5.88. The molecule has 2 bridgehead atoms. The van der Waals surface area contributed by atoms with Crippen molar-refractivity contribution in [3.05, 3.63) is 47.5 Å². The van der Waals surface area contributed by atoms with E-state index in [2.05, 4.69) is 12.1 Å². The Hall–Kier alpha value is -1.46. The number of fused-ring (bicyclic) bond motifs is 4. The van der Waals surface area contributed by atoms with Crippen molar-refractivity contribution in [3.63, 3.8) is 0 Å². The van der Waals surface area contributed by atoms with Crippen LogP contribution in [0.3, 0.4) is 0 Å². The molecule has 0 aromatic heterocycles. The second-order valence-electron chi connectivity index (χ2n) is 4.63. The third kappa shape index (κ3) is 1.29. The first kappa shape index (κ1) is 10.5. The van der Waals surface area contributed by atoms with Crippen LogP contribution in [-0.2, 0) is 25.0 Å². The van der Waals surface area contributed by atoms with Crippen LogP contribution in [0, 0.1) is 0 Å². The summed E-state index contributed by atoms with van der Waals surface area (Å²) in [7, 11) is 0. The van der Waals surface area contributed by atoms with Gasteiger partial charge in [0.1, 0.15) is 0 Å². The van der Waals surface area contributed by atoms with Gasteiger partial charge >= 0.3 is 0 Å². The first-order valence-corrected chi connectivity index (χ1v) is 5.90. The van der Waals surface area contributed by atoms with E-state index < -0.39 is 12.1 Å². The molecule has 2 aromatic rings. The van der Waals surface area contributed by atoms with Crippen molar-refractivity contribution in [1.29, 1.82) is 0 Å². The SMILES string of the molecule is C[C@]12OOCO[C@H](O1)c1cccc3cccc2c13.